The molecule has 0 atom stereocenters. The van der Waals surface area contributed by atoms with Gasteiger partial charge in [0.15, 0.2) is 11.5 Å². The number of phenols is 1. The molecule has 3 amide bonds. The second kappa shape index (κ2) is 8.81. The van der Waals surface area contributed by atoms with Gasteiger partial charge < -0.3 is 15.2 Å². The maximum atomic E-state index is 12.6. The van der Waals surface area contributed by atoms with Gasteiger partial charge in [-0.1, -0.05) is 17.7 Å². The van der Waals surface area contributed by atoms with Crippen LogP contribution in [0.4, 0.5) is 10.5 Å². The lowest BCUT2D eigenvalue weighted by molar-refractivity contribution is -0.127. The lowest BCUT2D eigenvalue weighted by Crippen LogP contribution is -2.36. The highest BCUT2D eigenvalue weighted by Crippen LogP contribution is 2.38. The second-order valence-electron chi connectivity index (χ2n) is 6.66. The Kier molecular flexibility index (Phi) is 6.38. The fourth-order valence-electron chi connectivity index (χ4n) is 2.80. The molecule has 0 radical (unpaired) electrons. The van der Waals surface area contributed by atoms with Crippen molar-refractivity contribution in [1.82, 2.24) is 4.90 Å². The first-order valence-corrected chi connectivity index (χ1v) is 10.1. The van der Waals surface area contributed by atoms with E-state index in [0.717, 1.165) is 16.0 Å². The van der Waals surface area contributed by atoms with Crippen molar-refractivity contribution >= 4 is 52.2 Å². The van der Waals surface area contributed by atoms with Crippen LogP contribution < -0.4 is 10.1 Å². The highest BCUT2D eigenvalue weighted by atomic mass is 35.5. The Morgan fingerprint density at radius 2 is 1.97 bits per heavy atom. The van der Waals surface area contributed by atoms with E-state index >= 15 is 0 Å². The summed E-state index contributed by atoms with van der Waals surface area (Å²) in [6.07, 6.45) is 1.34. The maximum absolute atomic E-state index is 12.6. The summed E-state index contributed by atoms with van der Waals surface area (Å²) in [5, 5.41) is 12.6. The molecule has 1 heterocycles. The van der Waals surface area contributed by atoms with Crippen molar-refractivity contribution in [2.24, 2.45) is 0 Å². The van der Waals surface area contributed by atoms with E-state index in [1.165, 1.54) is 25.3 Å². The predicted octanol–water partition coefficient (Wildman–Crippen LogP) is 4.35. The lowest BCUT2D eigenvalue weighted by Gasteiger charge is -2.13. The van der Waals surface area contributed by atoms with Crippen LogP contribution in [0.15, 0.2) is 35.2 Å². The molecule has 1 aliphatic rings. The van der Waals surface area contributed by atoms with Crippen LogP contribution in [-0.2, 0) is 9.59 Å². The van der Waals surface area contributed by atoms with E-state index in [9.17, 15) is 19.5 Å². The average molecular weight is 447 g/mol. The van der Waals surface area contributed by atoms with Gasteiger partial charge >= 0.3 is 0 Å². The number of hydrogen-bond acceptors (Lipinski definition) is 6. The van der Waals surface area contributed by atoms with Gasteiger partial charge in [0.2, 0.25) is 5.91 Å². The molecule has 0 unspecified atom stereocenters. The molecule has 2 N–H and O–H groups in total. The van der Waals surface area contributed by atoms with Crippen molar-refractivity contribution in [2.75, 3.05) is 19.0 Å². The minimum absolute atomic E-state index is 0.0681. The van der Waals surface area contributed by atoms with Crippen LogP contribution in [0.5, 0.6) is 11.5 Å². The third-order valence-corrected chi connectivity index (χ3v) is 5.67. The number of nitrogens with one attached hydrogen (secondary N) is 1. The Hall–Kier alpha value is -2.97. The standard InChI is InChI=1S/C21H19ClN2O5S/c1-11-4-5-15(6-12(11)2)23-18(25)10-24-20(27)17(30-21(24)28)8-13-7-14(22)9-16(29-3)19(13)26/h4-9,26H,10H2,1-3H3,(H,23,25)/b17-8+. The molecular weight excluding hydrogens is 428 g/mol. The Bertz CT molecular complexity index is 1080. The fourth-order valence-corrected chi connectivity index (χ4v) is 3.85. The first-order valence-electron chi connectivity index (χ1n) is 8.88. The van der Waals surface area contributed by atoms with Crippen molar-refractivity contribution in [2.45, 2.75) is 13.8 Å². The zero-order chi connectivity index (χ0) is 22.0. The first kappa shape index (κ1) is 21.7. The molecule has 1 fully saturated rings. The Morgan fingerprint density at radius 1 is 1.23 bits per heavy atom. The number of ether oxygens (including phenoxy) is 1. The average Bonchev–Trinajstić information content (AvgIpc) is 2.94. The first-order chi connectivity index (χ1) is 14.2. The van der Waals surface area contributed by atoms with Gasteiger partial charge in [-0.2, -0.15) is 0 Å². The molecule has 9 heteroatoms. The summed E-state index contributed by atoms with van der Waals surface area (Å²) in [6, 6.07) is 8.32. The van der Waals surface area contributed by atoms with E-state index in [1.54, 1.807) is 6.07 Å². The highest BCUT2D eigenvalue weighted by molar-refractivity contribution is 8.18. The third kappa shape index (κ3) is 4.60. The maximum Gasteiger partial charge on any atom is 0.294 e. The number of thioether (sulfide) groups is 1. The van der Waals surface area contributed by atoms with E-state index in [2.05, 4.69) is 5.32 Å². The number of rotatable bonds is 5. The normalized spacial score (nSPS) is 15.1. The molecular formula is C21H19ClN2O5S. The molecule has 0 aromatic heterocycles. The number of aryl methyl sites for hydroxylation is 2. The van der Waals surface area contributed by atoms with Gasteiger partial charge in [0, 0.05) is 22.3 Å². The zero-order valence-corrected chi connectivity index (χ0v) is 18.1. The second-order valence-corrected chi connectivity index (χ2v) is 8.09. The van der Waals surface area contributed by atoms with Crippen LogP contribution in [0.2, 0.25) is 5.02 Å². The Morgan fingerprint density at radius 3 is 2.63 bits per heavy atom. The summed E-state index contributed by atoms with van der Waals surface area (Å²) in [7, 11) is 1.37. The van der Waals surface area contributed by atoms with Gasteiger partial charge in [0.25, 0.3) is 11.1 Å². The van der Waals surface area contributed by atoms with Crippen LogP contribution >= 0.6 is 23.4 Å². The summed E-state index contributed by atoms with van der Waals surface area (Å²) in [6.45, 7) is 3.47. The van der Waals surface area contributed by atoms with Gasteiger partial charge in [-0.15, -0.1) is 0 Å². The monoisotopic (exact) mass is 446 g/mol. The van der Waals surface area contributed by atoms with Crippen LogP contribution in [0, 0.1) is 13.8 Å². The minimum atomic E-state index is -0.626. The number of benzene rings is 2. The molecule has 0 spiro atoms. The van der Waals surface area contributed by atoms with Gasteiger partial charge in [0.05, 0.1) is 12.0 Å². The van der Waals surface area contributed by atoms with Gasteiger partial charge in [-0.05, 0) is 61.0 Å². The van der Waals surface area contributed by atoms with E-state index in [1.807, 2.05) is 26.0 Å². The Balaban J connectivity index is 1.76. The largest absolute Gasteiger partial charge is 0.504 e. The number of halogens is 1. The number of aromatic hydroxyl groups is 1. The van der Waals surface area contributed by atoms with E-state index < -0.39 is 23.6 Å². The summed E-state index contributed by atoms with van der Waals surface area (Å²) in [5.41, 5.74) is 2.91. The molecule has 3 rings (SSSR count). The fraction of sp³-hybridized carbons (Fsp3) is 0.190. The molecule has 1 saturated heterocycles. The summed E-state index contributed by atoms with van der Waals surface area (Å²) < 4.78 is 5.04. The molecule has 7 nitrogen and oxygen atoms in total. The summed E-state index contributed by atoms with van der Waals surface area (Å²) in [5.74, 6) is -1.19. The van der Waals surface area contributed by atoms with Gasteiger partial charge in [-0.3, -0.25) is 19.3 Å². The predicted molar refractivity (Wildman–Crippen MR) is 117 cm³/mol. The van der Waals surface area contributed by atoms with Gasteiger partial charge in [0.1, 0.15) is 6.54 Å². The number of carbonyl (C=O) groups is 3. The molecule has 2 aromatic rings. The molecule has 156 valence electrons. The summed E-state index contributed by atoms with van der Waals surface area (Å²) in [4.78, 5) is 38.2. The number of imide groups is 1. The number of phenolic OH excluding ortho intramolecular Hbond substituents is 1. The van der Waals surface area contributed by atoms with Crippen molar-refractivity contribution in [3.05, 3.63) is 56.9 Å². The minimum Gasteiger partial charge on any atom is -0.504 e. The number of nitrogens with zero attached hydrogens (tertiary/aromatic N) is 1. The van der Waals surface area contributed by atoms with Crippen molar-refractivity contribution in [1.29, 1.82) is 0 Å². The SMILES string of the molecule is COc1cc(Cl)cc(/C=C2/SC(=O)N(CC(=O)Nc3ccc(C)c(C)c3)C2=O)c1O. The van der Waals surface area contributed by atoms with E-state index in [0.29, 0.717) is 22.5 Å². The van der Waals surface area contributed by atoms with E-state index in [-0.39, 0.29) is 22.0 Å². The number of methoxy groups -OCH3 is 1. The zero-order valence-electron chi connectivity index (χ0n) is 16.5. The Labute approximate surface area is 182 Å². The van der Waals surface area contributed by atoms with Crippen molar-refractivity contribution in [3.8, 4) is 11.5 Å². The van der Waals surface area contributed by atoms with Crippen molar-refractivity contribution < 1.29 is 24.2 Å². The molecule has 0 bridgehead atoms. The quantitative estimate of drug-likeness (QED) is 0.663. The van der Waals surface area contributed by atoms with Gasteiger partial charge in [-0.25, -0.2) is 0 Å². The molecule has 2 aromatic carbocycles. The summed E-state index contributed by atoms with van der Waals surface area (Å²) >= 11 is 6.69. The number of hydrogen-bond donors (Lipinski definition) is 2. The van der Waals surface area contributed by atoms with E-state index in [4.69, 9.17) is 16.3 Å². The lowest BCUT2D eigenvalue weighted by atomic mass is 10.1. The van der Waals surface area contributed by atoms with Crippen LogP contribution in [0.25, 0.3) is 6.08 Å². The number of anilines is 1. The van der Waals surface area contributed by atoms with Crippen LogP contribution in [0.1, 0.15) is 16.7 Å². The molecule has 0 aliphatic carbocycles. The van der Waals surface area contributed by atoms with Crippen LogP contribution in [-0.4, -0.2) is 40.7 Å². The number of carbonyl (C=O) groups excluding carboxylic acids is 3. The third-order valence-electron chi connectivity index (χ3n) is 4.54. The smallest absolute Gasteiger partial charge is 0.294 e. The van der Waals surface area contributed by atoms with Crippen molar-refractivity contribution in [3.63, 3.8) is 0 Å². The number of amides is 3. The molecule has 1 aliphatic heterocycles. The molecule has 0 saturated carbocycles. The highest BCUT2D eigenvalue weighted by Gasteiger charge is 2.36. The topological polar surface area (TPSA) is 95.9 Å². The van der Waals surface area contributed by atoms with Crippen LogP contribution in [0.3, 0.4) is 0 Å². The molecule has 30 heavy (non-hydrogen) atoms.